The average Bonchev–Trinajstić information content (AvgIpc) is 3.18. The molecule has 1 saturated carbocycles. The quantitative estimate of drug-likeness (QED) is 0.638. The zero-order valence-corrected chi connectivity index (χ0v) is 12.8. The Kier molecular flexibility index (Phi) is 3.14. The predicted octanol–water partition coefficient (Wildman–Crippen LogP) is 1.76. The maximum Gasteiger partial charge on any atom is 0.322 e. The Hall–Kier alpha value is -1.83. The van der Waals surface area contributed by atoms with E-state index in [0.717, 1.165) is 17.8 Å². The van der Waals surface area contributed by atoms with Crippen LogP contribution in [0, 0.1) is 17.6 Å². The SMILES string of the molecule is COC(=O)[C@]12C[C@H]1[C@@](C)(c1cc(N)cc(F)c1F)N=C(N)S2. The zero-order valence-electron chi connectivity index (χ0n) is 12.0. The van der Waals surface area contributed by atoms with Gasteiger partial charge in [-0.15, -0.1) is 0 Å². The summed E-state index contributed by atoms with van der Waals surface area (Å²) in [6.45, 7) is 1.63. The van der Waals surface area contributed by atoms with Crippen molar-refractivity contribution in [2.24, 2.45) is 16.6 Å². The van der Waals surface area contributed by atoms with Gasteiger partial charge in [-0.05, 0) is 25.5 Å². The van der Waals surface area contributed by atoms with Crippen molar-refractivity contribution < 1.29 is 18.3 Å². The highest BCUT2D eigenvalue weighted by Crippen LogP contribution is 2.66. The van der Waals surface area contributed by atoms with E-state index in [2.05, 4.69) is 4.99 Å². The monoisotopic (exact) mass is 327 g/mol. The highest BCUT2D eigenvalue weighted by atomic mass is 32.2. The number of nitrogen functional groups attached to an aromatic ring is 1. The normalized spacial score (nSPS) is 32.9. The summed E-state index contributed by atoms with van der Waals surface area (Å²) in [5.74, 6) is -2.84. The largest absolute Gasteiger partial charge is 0.468 e. The lowest BCUT2D eigenvalue weighted by atomic mass is 9.85. The number of hydrogen-bond donors (Lipinski definition) is 2. The number of carbonyl (C=O) groups is 1. The van der Waals surface area contributed by atoms with Crippen LogP contribution < -0.4 is 11.5 Å². The molecule has 0 amide bonds. The van der Waals surface area contributed by atoms with Crippen LogP contribution in [-0.2, 0) is 15.1 Å². The third-order valence-electron chi connectivity index (χ3n) is 4.34. The molecule has 8 heteroatoms. The Bertz CT molecular complexity index is 712. The molecule has 5 nitrogen and oxygen atoms in total. The van der Waals surface area contributed by atoms with Gasteiger partial charge in [0.2, 0.25) is 0 Å². The molecular weight excluding hydrogens is 312 g/mol. The van der Waals surface area contributed by atoms with Gasteiger partial charge in [-0.3, -0.25) is 9.79 Å². The number of carbonyl (C=O) groups excluding carboxylic acids is 1. The summed E-state index contributed by atoms with van der Waals surface area (Å²) in [5, 5.41) is 0.142. The molecule has 3 rings (SSSR count). The van der Waals surface area contributed by atoms with Crippen LogP contribution >= 0.6 is 11.8 Å². The topological polar surface area (TPSA) is 90.7 Å². The fourth-order valence-electron chi connectivity index (χ4n) is 3.19. The number of anilines is 1. The molecule has 0 radical (unpaired) electrons. The van der Waals surface area contributed by atoms with Gasteiger partial charge in [0.1, 0.15) is 4.75 Å². The van der Waals surface area contributed by atoms with Crippen molar-refractivity contribution in [1.29, 1.82) is 0 Å². The van der Waals surface area contributed by atoms with Crippen molar-refractivity contribution in [3.05, 3.63) is 29.3 Å². The first kappa shape index (κ1) is 15.1. The number of nitrogens with two attached hydrogens (primary N) is 2. The number of ether oxygens (including phenoxy) is 1. The summed E-state index contributed by atoms with van der Waals surface area (Å²) in [5.41, 5.74) is 10.4. The van der Waals surface area contributed by atoms with Crippen molar-refractivity contribution >= 4 is 28.6 Å². The van der Waals surface area contributed by atoms with Crippen LogP contribution in [0.1, 0.15) is 18.9 Å². The minimum absolute atomic E-state index is 0.00373. The van der Waals surface area contributed by atoms with Crippen molar-refractivity contribution in [3.8, 4) is 0 Å². The molecule has 1 aliphatic heterocycles. The molecule has 0 aromatic heterocycles. The summed E-state index contributed by atoms with van der Waals surface area (Å²) in [4.78, 5) is 16.4. The molecule has 3 atom stereocenters. The Labute approximate surface area is 130 Å². The Balaban J connectivity index is 2.14. The molecule has 0 spiro atoms. The van der Waals surface area contributed by atoms with E-state index in [1.54, 1.807) is 6.92 Å². The first-order valence-corrected chi connectivity index (χ1v) is 7.44. The van der Waals surface area contributed by atoms with E-state index in [-0.39, 0.29) is 22.3 Å². The highest BCUT2D eigenvalue weighted by molar-refractivity contribution is 8.15. The molecule has 1 fully saturated rings. The number of amidine groups is 1. The molecule has 0 saturated heterocycles. The van der Waals surface area contributed by atoms with E-state index in [9.17, 15) is 13.6 Å². The van der Waals surface area contributed by atoms with Gasteiger partial charge in [0, 0.05) is 17.2 Å². The van der Waals surface area contributed by atoms with Crippen molar-refractivity contribution in [2.45, 2.75) is 23.6 Å². The lowest BCUT2D eigenvalue weighted by Gasteiger charge is -2.33. The summed E-state index contributed by atoms with van der Waals surface area (Å²) in [7, 11) is 1.28. The molecule has 118 valence electrons. The zero-order chi connectivity index (χ0) is 16.3. The van der Waals surface area contributed by atoms with E-state index in [1.165, 1.54) is 13.2 Å². The minimum Gasteiger partial charge on any atom is -0.468 e. The van der Waals surface area contributed by atoms with E-state index in [0.29, 0.717) is 6.42 Å². The van der Waals surface area contributed by atoms with E-state index < -0.39 is 27.9 Å². The molecule has 1 aliphatic carbocycles. The predicted molar refractivity (Wildman–Crippen MR) is 80.2 cm³/mol. The van der Waals surface area contributed by atoms with Crippen LogP contribution in [-0.4, -0.2) is 23.0 Å². The van der Waals surface area contributed by atoms with Gasteiger partial charge in [0.15, 0.2) is 16.8 Å². The van der Waals surface area contributed by atoms with Gasteiger partial charge in [-0.25, -0.2) is 8.78 Å². The number of halogens is 2. The van der Waals surface area contributed by atoms with E-state index >= 15 is 0 Å². The maximum atomic E-state index is 14.3. The number of fused-ring (bicyclic) bond motifs is 1. The summed E-state index contributed by atoms with van der Waals surface area (Å²) in [6.07, 6.45) is 0.431. The standard InChI is InChI=1S/C14H15F2N3O2S/c1-13(7-3-6(17)4-8(15)10(7)16)9-5-14(9,11(20)21-2)22-12(18)19-13/h3-4,9H,5,17H2,1-2H3,(H2,18,19)/t9-,13+,14-/m0/s1. The lowest BCUT2D eigenvalue weighted by Crippen LogP contribution is -2.40. The van der Waals surface area contributed by atoms with Gasteiger partial charge in [0.25, 0.3) is 0 Å². The number of benzene rings is 1. The molecular formula is C14H15F2N3O2S. The molecule has 4 N–H and O–H groups in total. The maximum absolute atomic E-state index is 14.3. The second kappa shape index (κ2) is 4.58. The second-order valence-corrected chi connectivity index (χ2v) is 7.05. The van der Waals surface area contributed by atoms with Gasteiger partial charge in [-0.1, -0.05) is 11.8 Å². The van der Waals surface area contributed by atoms with Gasteiger partial charge in [0.05, 0.1) is 12.6 Å². The van der Waals surface area contributed by atoms with Crippen molar-refractivity contribution in [1.82, 2.24) is 0 Å². The number of esters is 1. The first-order valence-electron chi connectivity index (χ1n) is 6.62. The van der Waals surface area contributed by atoms with E-state index in [1.807, 2.05) is 0 Å². The summed E-state index contributed by atoms with van der Waals surface area (Å²) < 4.78 is 31.9. The van der Waals surface area contributed by atoms with Crippen LogP contribution in [0.5, 0.6) is 0 Å². The number of aliphatic imine (C=N–C) groups is 1. The molecule has 2 aliphatic rings. The Morgan fingerprint density at radius 1 is 1.45 bits per heavy atom. The molecule has 1 aromatic carbocycles. The third-order valence-corrected chi connectivity index (χ3v) is 5.63. The number of nitrogens with zero attached hydrogens (tertiary/aromatic N) is 1. The Morgan fingerprint density at radius 2 is 2.14 bits per heavy atom. The van der Waals surface area contributed by atoms with Crippen molar-refractivity contribution in [2.75, 3.05) is 12.8 Å². The molecule has 0 unspecified atom stereocenters. The molecule has 1 aromatic rings. The van der Waals surface area contributed by atoms with Crippen LogP contribution in [0.25, 0.3) is 0 Å². The highest BCUT2D eigenvalue weighted by Gasteiger charge is 2.71. The summed E-state index contributed by atoms with van der Waals surface area (Å²) in [6, 6.07) is 2.25. The number of rotatable bonds is 2. The fraction of sp³-hybridized carbons (Fsp3) is 0.429. The van der Waals surface area contributed by atoms with Gasteiger partial charge >= 0.3 is 5.97 Å². The molecule has 22 heavy (non-hydrogen) atoms. The smallest absolute Gasteiger partial charge is 0.322 e. The average molecular weight is 327 g/mol. The molecule has 1 heterocycles. The van der Waals surface area contributed by atoms with Gasteiger partial charge in [-0.2, -0.15) is 0 Å². The van der Waals surface area contributed by atoms with Crippen LogP contribution in [0.3, 0.4) is 0 Å². The minimum atomic E-state index is -1.16. The number of methoxy groups -OCH3 is 1. The number of hydrogen-bond acceptors (Lipinski definition) is 6. The van der Waals surface area contributed by atoms with Crippen LogP contribution in [0.2, 0.25) is 0 Å². The number of thioether (sulfide) groups is 1. The van der Waals surface area contributed by atoms with E-state index in [4.69, 9.17) is 16.2 Å². The molecule has 0 bridgehead atoms. The second-order valence-electron chi connectivity index (χ2n) is 5.70. The van der Waals surface area contributed by atoms with Crippen LogP contribution in [0.15, 0.2) is 17.1 Å². The third kappa shape index (κ3) is 1.89. The fourth-order valence-corrected chi connectivity index (χ4v) is 4.59. The van der Waals surface area contributed by atoms with Crippen molar-refractivity contribution in [3.63, 3.8) is 0 Å². The van der Waals surface area contributed by atoms with Gasteiger partial charge < -0.3 is 16.2 Å². The Morgan fingerprint density at radius 3 is 2.77 bits per heavy atom. The first-order chi connectivity index (χ1) is 10.2. The summed E-state index contributed by atoms with van der Waals surface area (Å²) >= 11 is 1.11. The van der Waals surface area contributed by atoms with Crippen LogP contribution in [0.4, 0.5) is 14.5 Å². The lowest BCUT2D eigenvalue weighted by molar-refractivity contribution is -0.141.